The molecule has 0 aliphatic carbocycles. The second-order valence-corrected chi connectivity index (χ2v) is 4.60. The summed E-state index contributed by atoms with van der Waals surface area (Å²) in [4.78, 5) is 0. The standard InChI is InChI=1S/C13H11F2Si/c14-16(15)10-4-8-12-7-3-6-11-5-1-2-9-13(11)12/h1-9H,10H2. The molecule has 0 unspecified atom stereocenters. The predicted molar refractivity (Wildman–Crippen MR) is 65.8 cm³/mol. The zero-order valence-corrected chi connectivity index (χ0v) is 9.66. The van der Waals surface area contributed by atoms with Crippen molar-refractivity contribution in [3.05, 3.63) is 54.1 Å². The molecule has 0 N–H and O–H groups in total. The Morgan fingerprint density at radius 2 is 1.75 bits per heavy atom. The average molecular weight is 233 g/mol. The van der Waals surface area contributed by atoms with E-state index >= 15 is 0 Å². The largest absolute Gasteiger partial charge is 0.480 e. The van der Waals surface area contributed by atoms with Crippen LogP contribution >= 0.6 is 0 Å². The van der Waals surface area contributed by atoms with Crippen molar-refractivity contribution in [2.45, 2.75) is 6.04 Å². The summed E-state index contributed by atoms with van der Waals surface area (Å²) < 4.78 is 24.2. The molecule has 0 bridgehead atoms. The van der Waals surface area contributed by atoms with E-state index in [0.717, 1.165) is 16.3 Å². The summed E-state index contributed by atoms with van der Waals surface area (Å²) in [5.41, 5.74) is 1.00. The summed E-state index contributed by atoms with van der Waals surface area (Å²) in [6.07, 6.45) is 3.35. The summed E-state index contributed by atoms with van der Waals surface area (Å²) in [7, 11) is -3.14. The van der Waals surface area contributed by atoms with Crippen molar-refractivity contribution in [3.8, 4) is 0 Å². The lowest BCUT2D eigenvalue weighted by Crippen LogP contribution is -1.90. The Morgan fingerprint density at radius 3 is 2.56 bits per heavy atom. The van der Waals surface area contributed by atoms with Crippen LogP contribution in [-0.4, -0.2) is 9.46 Å². The lowest BCUT2D eigenvalue weighted by atomic mass is 10.0. The third-order valence-electron chi connectivity index (χ3n) is 2.39. The highest BCUT2D eigenvalue weighted by molar-refractivity contribution is 6.43. The molecule has 16 heavy (non-hydrogen) atoms. The summed E-state index contributed by atoms with van der Waals surface area (Å²) in [5, 5.41) is 2.24. The van der Waals surface area contributed by atoms with E-state index in [2.05, 4.69) is 0 Å². The molecule has 3 heteroatoms. The van der Waals surface area contributed by atoms with Crippen molar-refractivity contribution in [1.82, 2.24) is 0 Å². The van der Waals surface area contributed by atoms with Crippen molar-refractivity contribution in [3.63, 3.8) is 0 Å². The first-order chi connectivity index (χ1) is 7.77. The zero-order valence-electron chi connectivity index (χ0n) is 8.66. The lowest BCUT2D eigenvalue weighted by Gasteiger charge is -2.01. The van der Waals surface area contributed by atoms with Crippen LogP contribution in [-0.2, 0) is 0 Å². The molecule has 2 rings (SSSR count). The van der Waals surface area contributed by atoms with Crippen LogP contribution in [0, 0.1) is 0 Å². The first-order valence-electron chi connectivity index (χ1n) is 5.08. The highest BCUT2D eigenvalue weighted by atomic mass is 28.4. The molecule has 0 nitrogen and oxygen atoms in total. The van der Waals surface area contributed by atoms with Crippen LogP contribution in [0.3, 0.4) is 0 Å². The van der Waals surface area contributed by atoms with Gasteiger partial charge in [0.05, 0.1) is 0 Å². The van der Waals surface area contributed by atoms with Crippen molar-refractivity contribution in [2.75, 3.05) is 0 Å². The number of benzene rings is 2. The van der Waals surface area contributed by atoms with Crippen molar-refractivity contribution in [1.29, 1.82) is 0 Å². The van der Waals surface area contributed by atoms with Crippen molar-refractivity contribution in [2.24, 2.45) is 0 Å². The number of fused-ring (bicyclic) bond motifs is 1. The SMILES string of the molecule is F[Si](F)CC=Cc1cccc2ccccc12. The quantitative estimate of drug-likeness (QED) is 0.548. The predicted octanol–water partition coefficient (Wildman–Crippen LogP) is 4.28. The zero-order chi connectivity index (χ0) is 11.4. The second kappa shape index (κ2) is 5.03. The molecule has 0 aliphatic rings. The van der Waals surface area contributed by atoms with Crippen LogP contribution in [0.5, 0.6) is 0 Å². The minimum absolute atomic E-state index is 0.0894. The fourth-order valence-electron chi connectivity index (χ4n) is 1.67. The molecule has 81 valence electrons. The maximum atomic E-state index is 12.1. The van der Waals surface area contributed by atoms with Gasteiger partial charge in [-0.15, -0.1) is 0 Å². The van der Waals surface area contributed by atoms with Gasteiger partial charge in [-0.05, 0) is 16.3 Å². The fraction of sp³-hybridized carbons (Fsp3) is 0.0769. The van der Waals surface area contributed by atoms with E-state index in [9.17, 15) is 8.22 Å². The Labute approximate surface area is 95.2 Å². The van der Waals surface area contributed by atoms with Gasteiger partial charge in [-0.2, -0.15) is 0 Å². The van der Waals surface area contributed by atoms with E-state index in [1.165, 1.54) is 0 Å². The molecule has 0 saturated heterocycles. The lowest BCUT2D eigenvalue weighted by molar-refractivity contribution is 0.664. The van der Waals surface area contributed by atoms with E-state index in [1.807, 2.05) is 42.5 Å². The van der Waals surface area contributed by atoms with Gasteiger partial charge in [0, 0.05) is 6.04 Å². The van der Waals surface area contributed by atoms with Crippen LogP contribution in [0.4, 0.5) is 8.22 Å². The first-order valence-corrected chi connectivity index (χ1v) is 6.55. The van der Waals surface area contributed by atoms with Crippen LogP contribution in [0.1, 0.15) is 5.56 Å². The third-order valence-corrected chi connectivity index (χ3v) is 2.94. The van der Waals surface area contributed by atoms with Gasteiger partial charge in [0.2, 0.25) is 0 Å². The number of hydrogen-bond acceptors (Lipinski definition) is 0. The molecule has 0 amide bonds. The number of allylic oxidation sites excluding steroid dienone is 1. The molecule has 0 fully saturated rings. The van der Waals surface area contributed by atoms with Crippen LogP contribution in [0.15, 0.2) is 48.5 Å². The normalized spacial score (nSPS) is 11.7. The number of halogens is 2. The molecule has 2 aromatic rings. The number of rotatable bonds is 3. The van der Waals surface area contributed by atoms with Gasteiger partial charge >= 0.3 is 9.46 Å². The van der Waals surface area contributed by atoms with Crippen LogP contribution in [0.2, 0.25) is 6.04 Å². The van der Waals surface area contributed by atoms with E-state index in [-0.39, 0.29) is 6.04 Å². The number of hydrogen-bond donors (Lipinski definition) is 0. The van der Waals surface area contributed by atoms with Gasteiger partial charge < -0.3 is 0 Å². The highest BCUT2D eigenvalue weighted by Gasteiger charge is 2.05. The molecule has 0 saturated carbocycles. The summed E-state index contributed by atoms with van der Waals surface area (Å²) in [6.45, 7) is 0. The van der Waals surface area contributed by atoms with Gasteiger partial charge in [0.15, 0.2) is 0 Å². The van der Waals surface area contributed by atoms with E-state index in [0.29, 0.717) is 0 Å². The molecular formula is C13H11F2Si. The molecule has 0 aliphatic heterocycles. The van der Waals surface area contributed by atoms with Gasteiger partial charge in [-0.3, -0.25) is 8.22 Å². The van der Waals surface area contributed by atoms with E-state index < -0.39 is 9.46 Å². The highest BCUT2D eigenvalue weighted by Crippen LogP contribution is 2.19. The van der Waals surface area contributed by atoms with E-state index in [4.69, 9.17) is 0 Å². The first kappa shape index (κ1) is 11.0. The Kier molecular flexibility index (Phi) is 3.46. The topological polar surface area (TPSA) is 0 Å². The molecule has 1 radical (unpaired) electrons. The fourth-order valence-corrected chi connectivity index (χ4v) is 1.97. The van der Waals surface area contributed by atoms with Gasteiger partial charge in [0.1, 0.15) is 0 Å². The molecule has 0 heterocycles. The molecular weight excluding hydrogens is 222 g/mol. The average Bonchev–Trinajstić information content (AvgIpc) is 2.29. The van der Waals surface area contributed by atoms with Crippen molar-refractivity contribution < 1.29 is 8.22 Å². The third kappa shape index (κ3) is 2.55. The Hall–Kier alpha value is -1.48. The van der Waals surface area contributed by atoms with E-state index in [1.54, 1.807) is 12.2 Å². The summed E-state index contributed by atoms with van der Waals surface area (Å²) in [5.74, 6) is 0. The monoisotopic (exact) mass is 233 g/mol. The van der Waals surface area contributed by atoms with Crippen molar-refractivity contribution >= 4 is 26.3 Å². The Balaban J connectivity index is 2.34. The maximum Gasteiger partial charge on any atom is 0.480 e. The van der Waals surface area contributed by atoms with Crippen LogP contribution < -0.4 is 0 Å². The summed E-state index contributed by atoms with van der Waals surface area (Å²) in [6, 6.07) is 13.8. The van der Waals surface area contributed by atoms with Gasteiger partial charge in [-0.25, -0.2) is 0 Å². The molecule has 0 spiro atoms. The molecule has 2 aromatic carbocycles. The Morgan fingerprint density at radius 1 is 1.00 bits per heavy atom. The minimum Gasteiger partial charge on any atom is -0.268 e. The van der Waals surface area contributed by atoms with Gasteiger partial charge in [-0.1, -0.05) is 54.6 Å². The van der Waals surface area contributed by atoms with Crippen LogP contribution in [0.25, 0.3) is 16.8 Å². The second-order valence-electron chi connectivity index (χ2n) is 3.51. The molecule has 0 atom stereocenters. The smallest absolute Gasteiger partial charge is 0.268 e. The maximum absolute atomic E-state index is 12.1. The summed E-state index contributed by atoms with van der Waals surface area (Å²) >= 11 is 0. The minimum atomic E-state index is -3.14. The Bertz CT molecular complexity index is 501. The van der Waals surface area contributed by atoms with Gasteiger partial charge in [0.25, 0.3) is 0 Å². The molecule has 0 aromatic heterocycles.